The van der Waals surface area contributed by atoms with E-state index >= 15 is 0 Å². The van der Waals surface area contributed by atoms with Crippen molar-refractivity contribution in [2.75, 3.05) is 0 Å². The van der Waals surface area contributed by atoms with Crippen LogP contribution in [0.1, 0.15) is 69.2 Å². The van der Waals surface area contributed by atoms with Crippen LogP contribution in [0.5, 0.6) is 0 Å². The Hall–Kier alpha value is -1.30. The van der Waals surface area contributed by atoms with Crippen LogP contribution in [-0.2, 0) is 6.54 Å². The number of nitrogens with one attached hydrogen (secondary N) is 1. The fourth-order valence-corrected chi connectivity index (χ4v) is 4.70. The largest absolute Gasteiger partial charge is 0.349 e. The predicted molar refractivity (Wildman–Crippen MR) is 96.6 cm³/mol. The number of amides is 1. The smallest absolute Gasteiger partial charge is 0.267 e. The Kier molecular flexibility index (Phi) is 5.64. The maximum Gasteiger partial charge on any atom is 0.267 e. The summed E-state index contributed by atoms with van der Waals surface area (Å²) < 4.78 is 1.63. The van der Waals surface area contributed by atoms with E-state index < -0.39 is 0 Å². The minimum absolute atomic E-state index is 0.182. The van der Waals surface area contributed by atoms with Gasteiger partial charge in [-0.15, -0.1) is 0 Å². The highest BCUT2D eigenvalue weighted by Gasteiger charge is 2.26. The molecule has 1 N–H and O–H groups in total. The maximum atomic E-state index is 12.5. The average Bonchev–Trinajstić information content (AvgIpc) is 2.96. The Balaban J connectivity index is 1.59. The SMILES string of the molecule is CCCCC1CCC(NC(=O)c2cnc3n(c2=O)CC(C)S3)CC1. The summed E-state index contributed by atoms with van der Waals surface area (Å²) in [5.74, 6) is 0.549. The van der Waals surface area contributed by atoms with Crippen LogP contribution < -0.4 is 10.9 Å². The number of carbonyl (C=O) groups excluding carboxylic acids is 1. The number of nitrogens with zero attached hydrogens (tertiary/aromatic N) is 2. The molecule has 2 heterocycles. The van der Waals surface area contributed by atoms with Gasteiger partial charge < -0.3 is 5.32 Å². The van der Waals surface area contributed by atoms with Crippen LogP contribution in [0.4, 0.5) is 0 Å². The summed E-state index contributed by atoms with van der Waals surface area (Å²) in [5, 5.41) is 4.11. The molecule has 0 radical (unpaired) electrons. The molecule has 1 unspecified atom stereocenters. The Morgan fingerprint density at radius 1 is 1.38 bits per heavy atom. The molecule has 1 saturated carbocycles. The Labute approximate surface area is 147 Å². The molecule has 1 aliphatic heterocycles. The number of thioether (sulfide) groups is 1. The van der Waals surface area contributed by atoms with Crippen LogP contribution in [0.3, 0.4) is 0 Å². The fourth-order valence-electron chi connectivity index (χ4n) is 3.71. The van der Waals surface area contributed by atoms with Crippen molar-refractivity contribution in [1.29, 1.82) is 0 Å². The van der Waals surface area contributed by atoms with Crippen LogP contribution in [0.15, 0.2) is 16.1 Å². The summed E-state index contributed by atoms with van der Waals surface area (Å²) in [6, 6.07) is 0.196. The molecule has 5 nitrogen and oxygen atoms in total. The molecular weight excluding hydrogens is 322 g/mol. The van der Waals surface area contributed by atoms with Gasteiger partial charge in [0.2, 0.25) is 0 Å². The van der Waals surface area contributed by atoms with Crippen molar-refractivity contribution in [1.82, 2.24) is 14.9 Å². The molecular formula is C18H27N3O2S. The van der Waals surface area contributed by atoms with E-state index in [1.54, 1.807) is 16.3 Å². The lowest BCUT2D eigenvalue weighted by atomic mass is 9.83. The second kappa shape index (κ2) is 7.72. The zero-order chi connectivity index (χ0) is 17.1. The first kappa shape index (κ1) is 17.5. The van der Waals surface area contributed by atoms with E-state index in [0.29, 0.717) is 11.8 Å². The second-order valence-electron chi connectivity index (χ2n) is 7.13. The summed E-state index contributed by atoms with van der Waals surface area (Å²) in [4.78, 5) is 29.3. The van der Waals surface area contributed by atoms with Crippen LogP contribution in [0.2, 0.25) is 0 Å². The van der Waals surface area contributed by atoms with E-state index in [-0.39, 0.29) is 23.1 Å². The topological polar surface area (TPSA) is 64.0 Å². The number of carbonyl (C=O) groups is 1. The third-order valence-electron chi connectivity index (χ3n) is 5.15. The Bertz CT molecular complexity index is 650. The highest BCUT2D eigenvalue weighted by Crippen LogP contribution is 2.29. The molecule has 1 fully saturated rings. The van der Waals surface area contributed by atoms with Gasteiger partial charge in [0, 0.05) is 24.0 Å². The zero-order valence-corrected chi connectivity index (χ0v) is 15.4. The van der Waals surface area contributed by atoms with E-state index in [1.807, 2.05) is 0 Å². The van der Waals surface area contributed by atoms with Gasteiger partial charge in [0.1, 0.15) is 5.56 Å². The molecule has 0 bridgehead atoms. The molecule has 3 rings (SSSR count). The highest BCUT2D eigenvalue weighted by molar-refractivity contribution is 7.99. The molecule has 0 aromatic carbocycles. The molecule has 24 heavy (non-hydrogen) atoms. The molecule has 1 aliphatic carbocycles. The van der Waals surface area contributed by atoms with E-state index in [2.05, 4.69) is 24.1 Å². The number of hydrogen-bond acceptors (Lipinski definition) is 4. The summed E-state index contributed by atoms with van der Waals surface area (Å²) in [6.07, 6.45) is 9.71. The number of fused-ring (bicyclic) bond motifs is 1. The summed E-state index contributed by atoms with van der Waals surface area (Å²) in [7, 11) is 0. The normalized spacial score (nSPS) is 26.2. The number of unbranched alkanes of at least 4 members (excludes halogenated alkanes) is 1. The van der Waals surface area contributed by atoms with Crippen molar-refractivity contribution >= 4 is 17.7 Å². The molecule has 132 valence electrons. The lowest BCUT2D eigenvalue weighted by Gasteiger charge is -2.29. The lowest BCUT2D eigenvalue weighted by molar-refractivity contribution is 0.0918. The van der Waals surface area contributed by atoms with Gasteiger partial charge in [0.15, 0.2) is 5.16 Å². The monoisotopic (exact) mass is 349 g/mol. The molecule has 2 aliphatic rings. The van der Waals surface area contributed by atoms with Crippen LogP contribution in [0, 0.1) is 5.92 Å². The van der Waals surface area contributed by atoms with E-state index in [0.717, 1.165) is 23.9 Å². The quantitative estimate of drug-likeness (QED) is 0.829. The molecule has 0 saturated heterocycles. The average molecular weight is 350 g/mol. The van der Waals surface area contributed by atoms with E-state index in [4.69, 9.17) is 0 Å². The van der Waals surface area contributed by atoms with Crippen molar-refractivity contribution in [2.45, 2.75) is 81.8 Å². The molecule has 6 heteroatoms. The minimum atomic E-state index is -0.260. The van der Waals surface area contributed by atoms with Crippen molar-refractivity contribution < 1.29 is 4.79 Å². The summed E-state index contributed by atoms with van der Waals surface area (Å²) in [6.45, 7) is 4.93. The number of aromatic nitrogens is 2. The molecule has 1 aromatic heterocycles. The summed E-state index contributed by atoms with van der Waals surface area (Å²) >= 11 is 1.59. The second-order valence-corrected chi connectivity index (χ2v) is 8.54. The third kappa shape index (κ3) is 3.85. The zero-order valence-electron chi connectivity index (χ0n) is 14.6. The number of hydrogen-bond donors (Lipinski definition) is 1. The van der Waals surface area contributed by atoms with E-state index in [1.165, 1.54) is 38.3 Å². The maximum absolute atomic E-state index is 12.5. The van der Waals surface area contributed by atoms with Gasteiger partial charge in [-0.2, -0.15) is 0 Å². The van der Waals surface area contributed by atoms with Gasteiger partial charge in [0.25, 0.3) is 11.5 Å². The third-order valence-corrected chi connectivity index (χ3v) is 6.24. The van der Waals surface area contributed by atoms with E-state index in [9.17, 15) is 9.59 Å². The van der Waals surface area contributed by atoms with Gasteiger partial charge in [-0.05, 0) is 31.6 Å². The van der Waals surface area contributed by atoms with Gasteiger partial charge >= 0.3 is 0 Å². The molecule has 1 amide bonds. The van der Waals surface area contributed by atoms with Gasteiger partial charge in [-0.1, -0.05) is 44.9 Å². The first-order chi connectivity index (χ1) is 11.6. The first-order valence-corrected chi connectivity index (χ1v) is 10.0. The highest BCUT2D eigenvalue weighted by atomic mass is 32.2. The number of rotatable bonds is 5. The molecule has 1 atom stereocenters. The Morgan fingerprint density at radius 2 is 2.12 bits per heavy atom. The summed E-state index contributed by atoms with van der Waals surface area (Å²) in [5.41, 5.74) is -0.0208. The van der Waals surface area contributed by atoms with Crippen molar-refractivity contribution in [2.24, 2.45) is 5.92 Å². The Morgan fingerprint density at radius 3 is 2.83 bits per heavy atom. The standard InChI is InChI=1S/C18H27N3O2S/c1-3-4-5-13-6-8-14(9-7-13)20-16(22)15-10-19-18-21(17(15)23)11-12(2)24-18/h10,12-14H,3-9,11H2,1-2H3,(H,20,22). The minimum Gasteiger partial charge on any atom is -0.349 e. The van der Waals surface area contributed by atoms with Gasteiger partial charge in [-0.25, -0.2) is 4.98 Å². The van der Waals surface area contributed by atoms with Crippen LogP contribution in [-0.4, -0.2) is 26.8 Å². The predicted octanol–water partition coefficient (Wildman–Crippen LogP) is 3.22. The fraction of sp³-hybridized carbons (Fsp3) is 0.722. The van der Waals surface area contributed by atoms with Crippen molar-refractivity contribution in [3.63, 3.8) is 0 Å². The van der Waals surface area contributed by atoms with Crippen LogP contribution >= 0.6 is 11.8 Å². The first-order valence-electron chi connectivity index (χ1n) is 9.15. The van der Waals surface area contributed by atoms with Crippen molar-refractivity contribution in [3.8, 4) is 0 Å². The molecule has 1 aromatic rings. The van der Waals surface area contributed by atoms with Crippen LogP contribution in [0.25, 0.3) is 0 Å². The van der Waals surface area contributed by atoms with Gasteiger partial charge in [0.05, 0.1) is 0 Å². The van der Waals surface area contributed by atoms with Crippen molar-refractivity contribution in [3.05, 3.63) is 22.1 Å². The molecule has 0 spiro atoms. The lowest BCUT2D eigenvalue weighted by Crippen LogP contribution is -2.41. The van der Waals surface area contributed by atoms with Gasteiger partial charge in [-0.3, -0.25) is 14.2 Å².